The Morgan fingerprint density at radius 2 is 1.66 bits per heavy atom. The maximum Gasteiger partial charge on any atom is 0.335 e. The standard InChI is InChI=1S/C33H43N3O2/c1-23(2)25-11-14-28-29(21-25)35(18-17-34-15-7-4-8-16-34)19-20-36-30-22-26(33(37)38)12-13-27(30)31(32(28)36)24-9-5-3-6-10-24/h11-14,21-24H,3-10,15-20H2,1-2H3,(H,37,38). The molecule has 1 aliphatic carbocycles. The Morgan fingerprint density at radius 1 is 0.895 bits per heavy atom. The normalized spacial score (nSPS) is 19.0. The van der Waals surface area contributed by atoms with Gasteiger partial charge in [-0.3, -0.25) is 0 Å². The van der Waals surface area contributed by atoms with Crippen molar-refractivity contribution < 1.29 is 9.90 Å². The molecule has 5 heteroatoms. The number of rotatable bonds is 6. The van der Waals surface area contributed by atoms with E-state index in [0.717, 1.165) is 31.7 Å². The van der Waals surface area contributed by atoms with Gasteiger partial charge in [0.1, 0.15) is 0 Å². The van der Waals surface area contributed by atoms with Crippen molar-refractivity contribution in [2.24, 2.45) is 0 Å². The fourth-order valence-corrected chi connectivity index (χ4v) is 7.22. The summed E-state index contributed by atoms with van der Waals surface area (Å²) in [5.74, 6) is 0.172. The monoisotopic (exact) mass is 513 g/mol. The van der Waals surface area contributed by atoms with E-state index in [1.54, 1.807) is 0 Å². The molecular formula is C33H43N3O2. The van der Waals surface area contributed by atoms with Gasteiger partial charge in [-0.05, 0) is 79.9 Å². The molecule has 2 aromatic carbocycles. The van der Waals surface area contributed by atoms with E-state index in [9.17, 15) is 9.90 Å². The van der Waals surface area contributed by atoms with E-state index in [-0.39, 0.29) is 0 Å². The van der Waals surface area contributed by atoms with E-state index in [1.807, 2.05) is 12.1 Å². The number of hydrogen-bond acceptors (Lipinski definition) is 3. The first kappa shape index (κ1) is 25.5. The van der Waals surface area contributed by atoms with Crippen LogP contribution in [0.3, 0.4) is 0 Å². The molecule has 1 saturated heterocycles. The summed E-state index contributed by atoms with van der Waals surface area (Å²) in [6, 6.07) is 13.0. The van der Waals surface area contributed by atoms with Crippen molar-refractivity contribution >= 4 is 22.6 Å². The lowest BCUT2D eigenvalue weighted by molar-refractivity contribution is 0.0697. The number of nitrogens with zero attached hydrogens (tertiary/aromatic N) is 3. The van der Waals surface area contributed by atoms with Crippen LogP contribution in [0.25, 0.3) is 22.2 Å². The lowest BCUT2D eigenvalue weighted by atomic mass is 9.81. The minimum Gasteiger partial charge on any atom is -0.478 e. The average Bonchev–Trinajstić information content (AvgIpc) is 3.18. The predicted octanol–water partition coefficient (Wildman–Crippen LogP) is 7.48. The highest BCUT2D eigenvalue weighted by molar-refractivity contribution is 5.99. The Bertz CT molecular complexity index is 1310. The number of likely N-dealkylation sites (tertiary alicyclic amines) is 1. The van der Waals surface area contributed by atoms with Gasteiger partial charge in [0.25, 0.3) is 0 Å². The highest BCUT2D eigenvalue weighted by Crippen LogP contribution is 2.48. The van der Waals surface area contributed by atoms with Gasteiger partial charge >= 0.3 is 5.97 Å². The van der Waals surface area contributed by atoms with Crippen molar-refractivity contribution in [3.8, 4) is 11.3 Å². The van der Waals surface area contributed by atoms with Gasteiger partial charge in [0, 0.05) is 48.3 Å². The van der Waals surface area contributed by atoms with Crippen LogP contribution in [-0.4, -0.2) is 53.3 Å². The molecule has 0 amide bonds. The van der Waals surface area contributed by atoms with Gasteiger partial charge in [0.15, 0.2) is 0 Å². The van der Waals surface area contributed by atoms with Gasteiger partial charge in [-0.1, -0.05) is 57.7 Å². The molecule has 2 aliphatic heterocycles. The minimum absolute atomic E-state index is 0.384. The Kier molecular flexibility index (Phi) is 7.22. The molecule has 0 spiro atoms. The van der Waals surface area contributed by atoms with Crippen LogP contribution in [0.1, 0.15) is 98.5 Å². The first-order valence-electron chi connectivity index (χ1n) is 15.0. The molecule has 1 saturated carbocycles. The zero-order chi connectivity index (χ0) is 26.2. The second-order valence-corrected chi connectivity index (χ2v) is 12.1. The van der Waals surface area contributed by atoms with Gasteiger partial charge in [-0.15, -0.1) is 0 Å². The van der Waals surface area contributed by atoms with E-state index in [4.69, 9.17) is 0 Å². The summed E-state index contributed by atoms with van der Waals surface area (Å²) in [5, 5.41) is 11.1. The van der Waals surface area contributed by atoms with Crippen molar-refractivity contribution in [1.29, 1.82) is 0 Å². The molecule has 1 N–H and O–H groups in total. The van der Waals surface area contributed by atoms with Crippen LogP contribution in [0.5, 0.6) is 0 Å². The van der Waals surface area contributed by atoms with E-state index < -0.39 is 5.97 Å². The molecular weight excluding hydrogens is 470 g/mol. The summed E-state index contributed by atoms with van der Waals surface area (Å²) in [6.45, 7) is 11.0. The molecule has 6 rings (SSSR count). The molecule has 202 valence electrons. The number of aromatic nitrogens is 1. The quantitative estimate of drug-likeness (QED) is 0.371. The SMILES string of the molecule is CC(C)c1ccc2c(c1)N(CCN1CCCCC1)CCn1c-2c(C2CCCCC2)c2ccc(C(=O)O)cc21. The first-order chi connectivity index (χ1) is 18.5. The van der Waals surface area contributed by atoms with Crippen LogP contribution in [0, 0.1) is 0 Å². The van der Waals surface area contributed by atoms with Gasteiger partial charge in [-0.2, -0.15) is 0 Å². The minimum atomic E-state index is -0.847. The zero-order valence-electron chi connectivity index (χ0n) is 23.2. The number of carboxylic acids is 1. The van der Waals surface area contributed by atoms with Crippen LogP contribution in [0.15, 0.2) is 36.4 Å². The fraction of sp³-hybridized carbons (Fsp3) is 0.545. The smallest absolute Gasteiger partial charge is 0.335 e. The van der Waals surface area contributed by atoms with Crippen molar-refractivity contribution in [2.75, 3.05) is 37.6 Å². The Hall–Kier alpha value is -2.79. The third-order valence-corrected chi connectivity index (χ3v) is 9.38. The van der Waals surface area contributed by atoms with Crippen molar-refractivity contribution in [2.45, 2.75) is 83.6 Å². The number of carboxylic acid groups (broad SMARTS) is 1. The topological polar surface area (TPSA) is 48.7 Å². The van der Waals surface area contributed by atoms with Crippen molar-refractivity contribution in [3.63, 3.8) is 0 Å². The molecule has 0 bridgehead atoms. The molecule has 3 heterocycles. The lowest BCUT2D eigenvalue weighted by Crippen LogP contribution is -2.38. The van der Waals surface area contributed by atoms with Gasteiger partial charge in [0.2, 0.25) is 0 Å². The molecule has 3 aromatic rings. The van der Waals surface area contributed by atoms with Crippen LogP contribution < -0.4 is 4.90 Å². The molecule has 2 fully saturated rings. The largest absolute Gasteiger partial charge is 0.478 e. The molecule has 0 atom stereocenters. The van der Waals surface area contributed by atoms with Gasteiger partial charge in [0.05, 0.1) is 11.3 Å². The van der Waals surface area contributed by atoms with Crippen molar-refractivity contribution in [3.05, 3.63) is 53.1 Å². The summed E-state index contributed by atoms with van der Waals surface area (Å²) in [7, 11) is 0. The fourth-order valence-electron chi connectivity index (χ4n) is 7.22. The summed E-state index contributed by atoms with van der Waals surface area (Å²) in [5.41, 5.74) is 8.38. The molecule has 0 radical (unpaired) electrons. The Balaban J connectivity index is 1.50. The Morgan fingerprint density at radius 3 is 2.39 bits per heavy atom. The highest BCUT2D eigenvalue weighted by atomic mass is 16.4. The predicted molar refractivity (Wildman–Crippen MR) is 157 cm³/mol. The van der Waals surface area contributed by atoms with Gasteiger partial charge < -0.3 is 19.5 Å². The Labute approximate surface area is 227 Å². The maximum absolute atomic E-state index is 12.0. The summed E-state index contributed by atoms with van der Waals surface area (Å²) in [6.07, 6.45) is 10.4. The second-order valence-electron chi connectivity index (χ2n) is 12.1. The molecule has 5 nitrogen and oxygen atoms in total. The number of anilines is 1. The molecule has 0 unspecified atom stereocenters. The number of piperidine rings is 1. The number of fused-ring (bicyclic) bond motifs is 5. The van der Waals surface area contributed by atoms with Crippen LogP contribution in [0.2, 0.25) is 0 Å². The zero-order valence-corrected chi connectivity index (χ0v) is 23.2. The van der Waals surface area contributed by atoms with Crippen LogP contribution in [-0.2, 0) is 6.54 Å². The molecule has 38 heavy (non-hydrogen) atoms. The third kappa shape index (κ3) is 4.75. The highest BCUT2D eigenvalue weighted by Gasteiger charge is 2.31. The van der Waals surface area contributed by atoms with Crippen LogP contribution in [0.4, 0.5) is 5.69 Å². The number of carbonyl (C=O) groups is 1. The average molecular weight is 514 g/mol. The first-order valence-corrected chi connectivity index (χ1v) is 15.0. The number of benzene rings is 2. The van der Waals surface area contributed by atoms with E-state index in [2.05, 4.69) is 52.5 Å². The lowest BCUT2D eigenvalue weighted by Gasteiger charge is -2.31. The van der Waals surface area contributed by atoms with Crippen molar-refractivity contribution in [1.82, 2.24) is 9.47 Å². The summed E-state index contributed by atoms with van der Waals surface area (Å²) < 4.78 is 2.47. The second kappa shape index (κ2) is 10.8. The van der Waals surface area contributed by atoms with E-state index >= 15 is 0 Å². The van der Waals surface area contributed by atoms with Gasteiger partial charge in [-0.25, -0.2) is 4.79 Å². The molecule has 1 aromatic heterocycles. The third-order valence-electron chi connectivity index (χ3n) is 9.38. The van der Waals surface area contributed by atoms with E-state index in [1.165, 1.54) is 97.9 Å². The van der Waals surface area contributed by atoms with Crippen LogP contribution >= 0.6 is 0 Å². The summed E-state index contributed by atoms with van der Waals surface area (Å²) >= 11 is 0. The number of hydrogen-bond donors (Lipinski definition) is 1. The molecule has 3 aliphatic rings. The maximum atomic E-state index is 12.0. The number of aromatic carboxylic acids is 1. The van der Waals surface area contributed by atoms with E-state index in [0.29, 0.717) is 17.4 Å². The summed E-state index contributed by atoms with van der Waals surface area (Å²) in [4.78, 5) is 17.2.